The molecule has 32 heavy (non-hydrogen) atoms. The van der Waals surface area contributed by atoms with Gasteiger partial charge in [-0.3, -0.25) is 14.6 Å². The number of nitrogens with zero attached hydrogens (tertiary/aromatic N) is 2. The fourth-order valence-corrected chi connectivity index (χ4v) is 3.73. The van der Waals surface area contributed by atoms with Crippen molar-refractivity contribution in [3.05, 3.63) is 83.0 Å². The Morgan fingerprint density at radius 2 is 1.91 bits per heavy atom. The van der Waals surface area contributed by atoms with Gasteiger partial charge in [-0.2, -0.15) is 0 Å². The number of alkyl halides is 1. The number of hydrogen-bond donors (Lipinski definition) is 1. The van der Waals surface area contributed by atoms with E-state index in [0.29, 0.717) is 34.4 Å². The number of halogens is 2. The van der Waals surface area contributed by atoms with Gasteiger partial charge in [0, 0.05) is 30.8 Å². The summed E-state index contributed by atoms with van der Waals surface area (Å²) in [6, 6.07) is 17.1. The molecule has 5 nitrogen and oxygen atoms in total. The van der Waals surface area contributed by atoms with Gasteiger partial charge in [-0.05, 0) is 43.0 Å². The Kier molecular flexibility index (Phi) is 6.51. The number of carbonyl (C=O) groups is 2. The topological polar surface area (TPSA) is 62.3 Å². The molecular formula is C25H23ClFN3O2. The molecule has 1 heterocycles. The zero-order valence-corrected chi connectivity index (χ0v) is 18.3. The summed E-state index contributed by atoms with van der Waals surface area (Å²) >= 11 is 6.49. The van der Waals surface area contributed by atoms with Crippen molar-refractivity contribution in [1.29, 1.82) is 0 Å². The van der Waals surface area contributed by atoms with Crippen molar-refractivity contribution in [2.75, 3.05) is 11.4 Å². The molecule has 0 spiro atoms. The summed E-state index contributed by atoms with van der Waals surface area (Å²) in [5.41, 5.74) is 2.68. The predicted molar refractivity (Wildman–Crippen MR) is 123 cm³/mol. The maximum atomic E-state index is 14.3. The number of benzene rings is 2. The molecule has 1 N–H and O–H groups in total. The van der Waals surface area contributed by atoms with E-state index >= 15 is 0 Å². The van der Waals surface area contributed by atoms with E-state index in [-0.39, 0.29) is 11.5 Å². The summed E-state index contributed by atoms with van der Waals surface area (Å²) in [6.45, 7) is 2.22. The third-order valence-corrected chi connectivity index (χ3v) is 5.73. The molecule has 1 atom stereocenters. The van der Waals surface area contributed by atoms with Crippen LogP contribution in [0.5, 0.6) is 0 Å². The molecular weight excluding hydrogens is 429 g/mol. The lowest BCUT2D eigenvalue weighted by molar-refractivity contribution is -0.116. The van der Waals surface area contributed by atoms with Gasteiger partial charge >= 0.3 is 0 Å². The Morgan fingerprint density at radius 1 is 1.16 bits per heavy atom. The quantitative estimate of drug-likeness (QED) is 0.478. The summed E-state index contributed by atoms with van der Waals surface area (Å²) in [7, 11) is 0. The van der Waals surface area contributed by atoms with Gasteiger partial charge in [0.1, 0.15) is 0 Å². The molecule has 4 rings (SSSR count). The maximum Gasteiger partial charge on any atom is 0.255 e. The first-order chi connectivity index (χ1) is 15.4. The molecule has 1 aliphatic rings. The molecule has 0 saturated heterocycles. The molecule has 2 aromatic carbocycles. The van der Waals surface area contributed by atoms with E-state index in [2.05, 4.69) is 10.3 Å². The van der Waals surface area contributed by atoms with Crippen molar-refractivity contribution in [1.82, 2.24) is 10.3 Å². The minimum Gasteiger partial charge on any atom is -0.319 e. The van der Waals surface area contributed by atoms with E-state index in [9.17, 15) is 14.0 Å². The number of nitrogens with one attached hydrogen (secondary N) is 1. The van der Waals surface area contributed by atoms with Crippen LogP contribution in [0.1, 0.15) is 42.0 Å². The standard InChI is InChI=1S/C25H23ClFN3O2/c1-16(31)30(15-17-7-8-17)23-12-10-19(13-21(23)26)22-11-9-20(14-28-22)25(32)29-24(27)18-5-3-2-4-6-18/h2-6,9-14,17,24H,7-8,15H2,1H3,(H,29,32). The highest BCUT2D eigenvalue weighted by atomic mass is 35.5. The summed E-state index contributed by atoms with van der Waals surface area (Å²) in [4.78, 5) is 30.5. The van der Waals surface area contributed by atoms with Crippen LogP contribution >= 0.6 is 11.6 Å². The molecule has 3 aromatic rings. The Morgan fingerprint density at radius 3 is 2.50 bits per heavy atom. The smallest absolute Gasteiger partial charge is 0.255 e. The minimum absolute atomic E-state index is 0.0401. The van der Waals surface area contributed by atoms with E-state index in [1.54, 1.807) is 53.4 Å². The number of pyridine rings is 1. The largest absolute Gasteiger partial charge is 0.319 e. The number of aromatic nitrogens is 1. The first-order valence-corrected chi connectivity index (χ1v) is 10.8. The number of rotatable bonds is 7. The van der Waals surface area contributed by atoms with Crippen LogP contribution in [0.4, 0.5) is 10.1 Å². The summed E-state index contributed by atoms with van der Waals surface area (Å²) in [6.07, 6.45) is 2.07. The van der Waals surface area contributed by atoms with E-state index < -0.39 is 12.2 Å². The fraction of sp³-hybridized carbons (Fsp3) is 0.240. The number of amides is 2. The van der Waals surface area contributed by atoms with Crippen LogP contribution < -0.4 is 10.2 Å². The van der Waals surface area contributed by atoms with Crippen molar-refractivity contribution in [3.8, 4) is 11.3 Å². The zero-order chi connectivity index (χ0) is 22.7. The Labute approximate surface area is 191 Å². The fourth-order valence-electron chi connectivity index (χ4n) is 3.44. The normalized spacial score (nSPS) is 14.0. The summed E-state index contributed by atoms with van der Waals surface area (Å²) in [5.74, 6) is -0.0477. The van der Waals surface area contributed by atoms with Crippen LogP contribution in [-0.4, -0.2) is 23.3 Å². The molecule has 1 aromatic heterocycles. The molecule has 0 aliphatic heterocycles. The van der Waals surface area contributed by atoms with Crippen LogP contribution in [-0.2, 0) is 4.79 Å². The van der Waals surface area contributed by atoms with Crippen molar-refractivity contribution < 1.29 is 14.0 Å². The average Bonchev–Trinajstić information content (AvgIpc) is 3.62. The Hall–Kier alpha value is -3.25. The summed E-state index contributed by atoms with van der Waals surface area (Å²) in [5, 5.41) is 2.79. The van der Waals surface area contributed by atoms with E-state index in [1.165, 1.54) is 13.1 Å². The van der Waals surface area contributed by atoms with E-state index in [4.69, 9.17) is 11.6 Å². The third kappa shape index (κ3) is 5.14. The first-order valence-electron chi connectivity index (χ1n) is 10.5. The van der Waals surface area contributed by atoms with E-state index in [1.807, 2.05) is 12.1 Å². The molecule has 0 radical (unpaired) electrons. The van der Waals surface area contributed by atoms with E-state index in [0.717, 1.165) is 18.4 Å². The average molecular weight is 452 g/mol. The summed E-state index contributed by atoms with van der Waals surface area (Å²) < 4.78 is 14.3. The van der Waals surface area contributed by atoms with Crippen LogP contribution in [0.25, 0.3) is 11.3 Å². The van der Waals surface area contributed by atoms with Gasteiger partial charge in [0.05, 0.1) is 22.0 Å². The molecule has 1 unspecified atom stereocenters. The monoisotopic (exact) mass is 451 g/mol. The van der Waals surface area contributed by atoms with Crippen LogP contribution in [0.3, 0.4) is 0 Å². The molecule has 7 heteroatoms. The van der Waals surface area contributed by atoms with Gasteiger partial charge in [0.25, 0.3) is 5.91 Å². The number of carbonyl (C=O) groups excluding carboxylic acids is 2. The first kappa shape index (κ1) is 22.0. The predicted octanol–water partition coefficient (Wildman–Crippen LogP) is 5.56. The van der Waals surface area contributed by atoms with Gasteiger partial charge in [0.2, 0.25) is 5.91 Å². The second kappa shape index (κ2) is 9.49. The molecule has 1 aliphatic carbocycles. The molecule has 1 saturated carbocycles. The maximum absolute atomic E-state index is 14.3. The highest BCUT2D eigenvalue weighted by Gasteiger charge is 2.27. The number of hydrogen-bond acceptors (Lipinski definition) is 3. The molecule has 1 fully saturated rings. The van der Waals surface area contributed by atoms with Gasteiger partial charge < -0.3 is 10.2 Å². The Bertz CT molecular complexity index is 1120. The lowest BCUT2D eigenvalue weighted by Crippen LogP contribution is -2.30. The lowest BCUT2D eigenvalue weighted by atomic mass is 10.1. The van der Waals surface area contributed by atoms with Crippen molar-refractivity contribution in [2.24, 2.45) is 5.92 Å². The SMILES string of the molecule is CC(=O)N(CC1CC1)c1ccc(-c2ccc(C(=O)NC(F)c3ccccc3)cn2)cc1Cl. The van der Waals surface area contributed by atoms with Crippen molar-refractivity contribution in [2.45, 2.75) is 26.1 Å². The van der Waals surface area contributed by atoms with Gasteiger partial charge in [0.15, 0.2) is 6.30 Å². The Balaban J connectivity index is 1.47. The number of anilines is 1. The third-order valence-electron chi connectivity index (χ3n) is 5.43. The van der Waals surface area contributed by atoms with Crippen molar-refractivity contribution >= 4 is 29.1 Å². The van der Waals surface area contributed by atoms with Gasteiger partial charge in [-0.15, -0.1) is 0 Å². The lowest BCUT2D eigenvalue weighted by Gasteiger charge is -2.22. The minimum atomic E-state index is -1.60. The van der Waals surface area contributed by atoms with Gasteiger partial charge in [-0.1, -0.05) is 48.0 Å². The van der Waals surface area contributed by atoms with Crippen LogP contribution in [0, 0.1) is 5.92 Å². The molecule has 164 valence electrons. The van der Waals surface area contributed by atoms with Gasteiger partial charge in [-0.25, -0.2) is 4.39 Å². The molecule has 0 bridgehead atoms. The van der Waals surface area contributed by atoms with Crippen LogP contribution in [0.2, 0.25) is 5.02 Å². The highest BCUT2D eigenvalue weighted by Crippen LogP contribution is 2.35. The van der Waals surface area contributed by atoms with Crippen molar-refractivity contribution in [3.63, 3.8) is 0 Å². The zero-order valence-electron chi connectivity index (χ0n) is 17.6. The second-order valence-electron chi connectivity index (χ2n) is 7.92. The second-order valence-corrected chi connectivity index (χ2v) is 8.33. The highest BCUT2D eigenvalue weighted by molar-refractivity contribution is 6.34. The van der Waals surface area contributed by atoms with Crippen LogP contribution in [0.15, 0.2) is 66.9 Å². The molecule has 2 amide bonds.